The molecule has 1 aromatic rings. The fraction of sp³-hybridized carbons (Fsp3) is 0.618. The second-order valence-corrected chi connectivity index (χ2v) is 12.9. The molecule has 0 unspecified atom stereocenters. The number of aryl methyl sites for hydroxylation is 1. The molecule has 0 bridgehead atoms. The molecule has 17 heteroatoms. The number of hydrogen-bond donors (Lipinski definition) is 7. The van der Waals surface area contributed by atoms with Crippen molar-refractivity contribution in [3.63, 3.8) is 0 Å². The van der Waals surface area contributed by atoms with Gasteiger partial charge in [-0.3, -0.25) is 43.4 Å². The Balaban J connectivity index is 1.88. The van der Waals surface area contributed by atoms with E-state index in [0.717, 1.165) is 10.5 Å². The standard InChI is InChI=1S/C34H52N6O11/c1-23-5-4-6-26(19-23)32(48)37-12-3-2-7-27(34(50)51)36-13-14-38(20-28(41)42)15-16-39(21-29(43)44)17-18-40(22-30(45)46)33(49)25-10-8-24(9-11-25)31(35)47/h4-6,19,24-25,27,36H,2-3,7-18,20-22H2,1H3,(H2,35,47)(H,37,48)(H,41,42)(H,43,44)(H,45,46)(H,50,51)/t24?,25?,27-/m1/s1. The third-order valence-electron chi connectivity index (χ3n) is 8.86. The number of carboxylic acid groups (broad SMARTS) is 4. The molecule has 0 aliphatic heterocycles. The number of carbonyl (C=O) groups excluding carboxylic acids is 3. The Morgan fingerprint density at radius 3 is 1.88 bits per heavy atom. The van der Waals surface area contributed by atoms with Crippen LogP contribution in [-0.2, 0) is 28.8 Å². The van der Waals surface area contributed by atoms with Crippen LogP contribution in [0, 0.1) is 18.8 Å². The molecule has 0 heterocycles. The van der Waals surface area contributed by atoms with Crippen LogP contribution in [0.2, 0.25) is 0 Å². The predicted molar refractivity (Wildman–Crippen MR) is 184 cm³/mol. The smallest absolute Gasteiger partial charge is 0.323 e. The maximum Gasteiger partial charge on any atom is 0.323 e. The summed E-state index contributed by atoms with van der Waals surface area (Å²) in [5, 5.41) is 43.8. The second-order valence-electron chi connectivity index (χ2n) is 12.9. The van der Waals surface area contributed by atoms with Gasteiger partial charge in [-0.2, -0.15) is 0 Å². The molecule has 51 heavy (non-hydrogen) atoms. The van der Waals surface area contributed by atoms with E-state index in [0.29, 0.717) is 50.6 Å². The molecule has 1 saturated carbocycles. The van der Waals surface area contributed by atoms with Gasteiger partial charge in [0.05, 0.1) is 13.1 Å². The van der Waals surface area contributed by atoms with Crippen LogP contribution in [0.4, 0.5) is 0 Å². The Morgan fingerprint density at radius 1 is 0.765 bits per heavy atom. The zero-order valence-electron chi connectivity index (χ0n) is 29.1. The van der Waals surface area contributed by atoms with Gasteiger partial charge in [-0.1, -0.05) is 17.7 Å². The predicted octanol–water partition coefficient (Wildman–Crippen LogP) is -0.0840. The molecule has 284 valence electrons. The summed E-state index contributed by atoms with van der Waals surface area (Å²) in [5.41, 5.74) is 6.88. The second kappa shape index (κ2) is 22.3. The number of primary amides is 1. The zero-order chi connectivity index (χ0) is 37.9. The van der Waals surface area contributed by atoms with Crippen LogP contribution >= 0.6 is 0 Å². The molecule has 1 aromatic carbocycles. The molecule has 0 saturated heterocycles. The molecular weight excluding hydrogens is 668 g/mol. The summed E-state index contributed by atoms with van der Waals surface area (Å²) in [4.78, 5) is 87.8. The van der Waals surface area contributed by atoms with E-state index in [2.05, 4.69) is 10.6 Å². The van der Waals surface area contributed by atoms with Crippen molar-refractivity contribution in [3.8, 4) is 0 Å². The minimum absolute atomic E-state index is 0.00758. The molecule has 17 nitrogen and oxygen atoms in total. The zero-order valence-corrected chi connectivity index (χ0v) is 29.1. The van der Waals surface area contributed by atoms with Crippen LogP contribution < -0.4 is 16.4 Å². The maximum atomic E-state index is 13.2. The molecule has 0 aromatic heterocycles. The highest BCUT2D eigenvalue weighted by Crippen LogP contribution is 2.30. The Bertz CT molecular complexity index is 1350. The number of nitrogens with two attached hydrogens (primary N) is 1. The topological polar surface area (TPSA) is 260 Å². The van der Waals surface area contributed by atoms with Gasteiger partial charge in [0.25, 0.3) is 5.91 Å². The first-order valence-corrected chi connectivity index (χ1v) is 17.2. The molecule has 8 N–H and O–H groups in total. The van der Waals surface area contributed by atoms with Crippen LogP contribution in [0.25, 0.3) is 0 Å². The number of carbonyl (C=O) groups is 7. The fourth-order valence-corrected chi connectivity index (χ4v) is 6.05. The number of benzene rings is 1. The summed E-state index contributed by atoms with van der Waals surface area (Å²) in [5.74, 6) is -6.45. The van der Waals surface area contributed by atoms with Gasteiger partial charge in [0.1, 0.15) is 12.6 Å². The van der Waals surface area contributed by atoms with Crippen molar-refractivity contribution in [1.82, 2.24) is 25.3 Å². The largest absolute Gasteiger partial charge is 0.480 e. The van der Waals surface area contributed by atoms with Crippen molar-refractivity contribution in [2.75, 3.05) is 65.4 Å². The molecule has 1 aliphatic carbocycles. The van der Waals surface area contributed by atoms with Gasteiger partial charge in [-0.15, -0.1) is 0 Å². The first-order chi connectivity index (χ1) is 24.2. The summed E-state index contributed by atoms with van der Waals surface area (Å²) in [6, 6.07) is 6.27. The molecule has 1 aliphatic rings. The van der Waals surface area contributed by atoms with E-state index in [9.17, 15) is 54.0 Å². The number of amides is 3. The minimum Gasteiger partial charge on any atom is -0.480 e. The van der Waals surface area contributed by atoms with Gasteiger partial charge in [-0.25, -0.2) is 0 Å². The SMILES string of the molecule is Cc1cccc(C(=O)NCCCC[C@@H](NCCN(CCN(CCN(CC(=O)O)C(=O)C2CCC(C(N)=O)CC2)CC(=O)O)CC(=O)O)C(=O)O)c1. The lowest BCUT2D eigenvalue weighted by Gasteiger charge is -2.32. The number of rotatable bonds is 25. The Labute approximate surface area is 297 Å². The molecule has 0 radical (unpaired) electrons. The lowest BCUT2D eigenvalue weighted by atomic mass is 9.81. The first kappa shape index (κ1) is 42.6. The van der Waals surface area contributed by atoms with Gasteiger partial charge in [-0.05, 0) is 64.0 Å². The highest BCUT2D eigenvalue weighted by atomic mass is 16.4. The average molecular weight is 721 g/mol. The molecule has 0 spiro atoms. The minimum atomic E-state index is -1.23. The molecule has 1 fully saturated rings. The number of carboxylic acids is 4. The van der Waals surface area contributed by atoms with Crippen LogP contribution in [0.5, 0.6) is 0 Å². The quantitative estimate of drug-likeness (QED) is 0.0652. The third kappa shape index (κ3) is 16.8. The lowest BCUT2D eigenvalue weighted by Crippen LogP contribution is -2.48. The normalized spacial score (nSPS) is 16.4. The summed E-state index contributed by atoms with van der Waals surface area (Å²) < 4.78 is 0. The monoisotopic (exact) mass is 720 g/mol. The van der Waals surface area contributed by atoms with Gasteiger partial charge < -0.3 is 41.7 Å². The van der Waals surface area contributed by atoms with E-state index < -0.39 is 67.3 Å². The maximum absolute atomic E-state index is 13.2. The molecule has 1 atom stereocenters. The van der Waals surface area contributed by atoms with Crippen LogP contribution in [0.3, 0.4) is 0 Å². The van der Waals surface area contributed by atoms with Crippen molar-refractivity contribution in [2.45, 2.75) is 57.9 Å². The van der Waals surface area contributed by atoms with Crippen LogP contribution in [0.1, 0.15) is 60.9 Å². The van der Waals surface area contributed by atoms with E-state index in [4.69, 9.17) is 5.73 Å². The van der Waals surface area contributed by atoms with E-state index in [1.54, 1.807) is 18.2 Å². The molecule has 3 amide bonds. The number of unbranched alkanes of at least 4 members (excludes halogenated alkanes) is 1. The Kier molecular flexibility index (Phi) is 18.6. The number of nitrogens with one attached hydrogen (secondary N) is 2. The Hall–Kier alpha value is -4.61. The number of nitrogens with zero attached hydrogens (tertiary/aromatic N) is 3. The molecular formula is C34H52N6O11. The van der Waals surface area contributed by atoms with Gasteiger partial charge >= 0.3 is 23.9 Å². The summed E-state index contributed by atoms with van der Waals surface area (Å²) in [7, 11) is 0. The van der Waals surface area contributed by atoms with Gasteiger partial charge in [0.2, 0.25) is 11.8 Å². The van der Waals surface area contributed by atoms with E-state index >= 15 is 0 Å². The average Bonchev–Trinajstić information content (AvgIpc) is 3.06. The summed E-state index contributed by atoms with van der Waals surface area (Å²) >= 11 is 0. The first-order valence-electron chi connectivity index (χ1n) is 17.2. The van der Waals surface area contributed by atoms with Crippen molar-refractivity contribution < 1.29 is 54.0 Å². The van der Waals surface area contributed by atoms with Crippen molar-refractivity contribution in [3.05, 3.63) is 35.4 Å². The highest BCUT2D eigenvalue weighted by Gasteiger charge is 2.32. The number of hydrogen-bond acceptors (Lipinski definition) is 10. The fourth-order valence-electron chi connectivity index (χ4n) is 6.05. The van der Waals surface area contributed by atoms with Gasteiger partial charge in [0, 0.05) is 63.2 Å². The number of aliphatic carboxylic acids is 4. The summed E-state index contributed by atoms with van der Waals surface area (Å²) in [6.07, 6.45) is 2.96. The van der Waals surface area contributed by atoms with Crippen molar-refractivity contribution >= 4 is 41.6 Å². The third-order valence-corrected chi connectivity index (χ3v) is 8.86. The van der Waals surface area contributed by atoms with Crippen molar-refractivity contribution in [2.24, 2.45) is 17.6 Å². The summed E-state index contributed by atoms with van der Waals surface area (Å²) in [6.45, 7) is 1.23. The van der Waals surface area contributed by atoms with Crippen LogP contribution in [-0.4, -0.2) is 148 Å². The van der Waals surface area contributed by atoms with E-state index in [-0.39, 0.29) is 57.5 Å². The van der Waals surface area contributed by atoms with Crippen molar-refractivity contribution in [1.29, 1.82) is 0 Å². The van der Waals surface area contributed by atoms with Crippen LogP contribution in [0.15, 0.2) is 24.3 Å². The molecule has 2 rings (SSSR count). The lowest BCUT2D eigenvalue weighted by molar-refractivity contribution is -0.147. The van der Waals surface area contributed by atoms with E-state index in [1.807, 2.05) is 13.0 Å². The van der Waals surface area contributed by atoms with Gasteiger partial charge in [0.15, 0.2) is 0 Å². The highest BCUT2D eigenvalue weighted by molar-refractivity contribution is 5.94. The van der Waals surface area contributed by atoms with E-state index in [1.165, 1.54) is 9.80 Å². The Morgan fingerprint density at radius 2 is 1.33 bits per heavy atom.